The van der Waals surface area contributed by atoms with Crippen LogP contribution in [0.2, 0.25) is 0 Å². The first-order chi connectivity index (χ1) is 12.6. The van der Waals surface area contributed by atoms with Crippen LogP contribution in [0.5, 0.6) is 11.5 Å². The van der Waals surface area contributed by atoms with E-state index in [1.54, 1.807) is 56.3 Å². The van der Waals surface area contributed by atoms with E-state index in [9.17, 15) is 9.59 Å². The molecule has 0 unspecified atom stereocenters. The molecule has 2 aromatic carbocycles. The van der Waals surface area contributed by atoms with E-state index in [4.69, 9.17) is 14.2 Å². The van der Waals surface area contributed by atoms with Crippen molar-refractivity contribution in [2.45, 2.75) is 17.9 Å². The van der Waals surface area contributed by atoms with Gasteiger partial charge in [-0.15, -0.1) is 11.8 Å². The van der Waals surface area contributed by atoms with Gasteiger partial charge in [0.1, 0.15) is 18.1 Å². The van der Waals surface area contributed by atoms with Gasteiger partial charge in [0.05, 0.1) is 25.5 Å². The first-order valence-electron chi connectivity index (χ1n) is 8.05. The second-order valence-electron chi connectivity index (χ2n) is 5.61. The Morgan fingerprint density at radius 1 is 1.15 bits per heavy atom. The van der Waals surface area contributed by atoms with Crippen LogP contribution in [-0.4, -0.2) is 31.8 Å². The predicted octanol–water partition coefficient (Wildman–Crippen LogP) is 3.50. The fraction of sp³-hybridized carbons (Fsp3) is 0.263. The molecule has 26 heavy (non-hydrogen) atoms. The average molecular weight is 373 g/mol. The Morgan fingerprint density at radius 2 is 2.00 bits per heavy atom. The Morgan fingerprint density at radius 3 is 2.77 bits per heavy atom. The number of hydrogen-bond acceptors (Lipinski definition) is 6. The second-order valence-corrected chi connectivity index (χ2v) is 6.75. The van der Waals surface area contributed by atoms with Crippen LogP contribution in [0.4, 0.5) is 5.69 Å². The molecule has 1 aliphatic rings. The molecule has 0 spiro atoms. The number of rotatable bonds is 5. The quantitative estimate of drug-likeness (QED) is 0.809. The van der Waals surface area contributed by atoms with E-state index >= 15 is 0 Å². The molecule has 6 nitrogen and oxygen atoms in total. The minimum absolute atomic E-state index is 0.0529. The number of esters is 1. The maximum Gasteiger partial charge on any atom is 0.338 e. The van der Waals surface area contributed by atoms with Crippen molar-refractivity contribution < 1.29 is 23.8 Å². The summed E-state index contributed by atoms with van der Waals surface area (Å²) in [6, 6.07) is 10.5. The van der Waals surface area contributed by atoms with Gasteiger partial charge in [0.2, 0.25) is 5.91 Å². The zero-order chi connectivity index (χ0) is 18.5. The lowest BCUT2D eigenvalue weighted by molar-refractivity contribution is -0.115. The maximum absolute atomic E-state index is 12.4. The number of ether oxygens (including phenoxy) is 3. The first kappa shape index (κ1) is 18.1. The summed E-state index contributed by atoms with van der Waals surface area (Å²) in [7, 11) is 3.12. The molecule has 1 N–H and O–H groups in total. The Hall–Kier alpha value is -2.67. The number of nitrogens with one attached hydrogen (secondary N) is 1. The van der Waals surface area contributed by atoms with Crippen molar-refractivity contribution in [1.82, 2.24) is 0 Å². The van der Waals surface area contributed by atoms with Crippen molar-refractivity contribution in [3.05, 3.63) is 47.5 Å². The Kier molecular flexibility index (Phi) is 5.68. The summed E-state index contributed by atoms with van der Waals surface area (Å²) in [4.78, 5) is 25.1. The van der Waals surface area contributed by atoms with Crippen molar-refractivity contribution >= 4 is 29.3 Å². The third kappa shape index (κ3) is 4.11. The molecule has 0 bridgehead atoms. The summed E-state index contributed by atoms with van der Waals surface area (Å²) in [5.41, 5.74) is 1.73. The van der Waals surface area contributed by atoms with Gasteiger partial charge in [0, 0.05) is 22.6 Å². The summed E-state index contributed by atoms with van der Waals surface area (Å²) in [6.45, 7) is 0.0530. The summed E-state index contributed by atoms with van der Waals surface area (Å²) in [5, 5.41) is 2.82. The van der Waals surface area contributed by atoms with Crippen molar-refractivity contribution in [2.24, 2.45) is 0 Å². The van der Waals surface area contributed by atoms with Crippen LogP contribution in [-0.2, 0) is 16.1 Å². The fourth-order valence-electron chi connectivity index (χ4n) is 2.57. The Bertz CT molecular complexity index is 837. The van der Waals surface area contributed by atoms with Crippen molar-refractivity contribution in [2.75, 3.05) is 25.3 Å². The average Bonchev–Trinajstić information content (AvgIpc) is 2.85. The van der Waals surface area contributed by atoms with Gasteiger partial charge in [-0.2, -0.15) is 0 Å². The molecule has 0 aliphatic carbocycles. The molecule has 0 aromatic heterocycles. The molecule has 7 heteroatoms. The molecule has 2 aromatic rings. The van der Waals surface area contributed by atoms with E-state index in [1.807, 2.05) is 6.07 Å². The molecule has 3 rings (SSSR count). The zero-order valence-electron chi connectivity index (χ0n) is 14.5. The highest BCUT2D eigenvalue weighted by Gasteiger charge is 2.17. The van der Waals surface area contributed by atoms with Gasteiger partial charge in [-0.25, -0.2) is 4.79 Å². The van der Waals surface area contributed by atoms with E-state index in [-0.39, 0.29) is 12.5 Å². The van der Waals surface area contributed by atoms with Gasteiger partial charge in [-0.05, 0) is 36.4 Å². The summed E-state index contributed by atoms with van der Waals surface area (Å²) in [6.07, 6.45) is 0.453. The molecule has 0 saturated carbocycles. The second kappa shape index (κ2) is 8.14. The molecule has 1 aliphatic heterocycles. The molecule has 1 amide bonds. The van der Waals surface area contributed by atoms with Crippen LogP contribution in [0.25, 0.3) is 0 Å². The molecule has 1 heterocycles. The van der Waals surface area contributed by atoms with Crippen LogP contribution in [0.15, 0.2) is 41.3 Å². The standard InChI is InChI=1S/C19H19NO5S/c1-23-14-4-5-16(24-2)13(9-14)11-25-19(22)12-3-6-17-15(10-12)20-18(21)7-8-26-17/h3-6,9-10H,7-8,11H2,1-2H3,(H,20,21). The van der Waals surface area contributed by atoms with Crippen LogP contribution < -0.4 is 14.8 Å². The van der Waals surface area contributed by atoms with Gasteiger partial charge >= 0.3 is 5.97 Å². The molecule has 0 atom stereocenters. The summed E-state index contributed by atoms with van der Waals surface area (Å²) < 4.78 is 15.9. The van der Waals surface area contributed by atoms with E-state index in [0.29, 0.717) is 34.7 Å². The minimum Gasteiger partial charge on any atom is -0.497 e. The monoisotopic (exact) mass is 373 g/mol. The van der Waals surface area contributed by atoms with E-state index in [0.717, 1.165) is 10.6 Å². The number of fused-ring (bicyclic) bond motifs is 1. The number of hydrogen-bond donors (Lipinski definition) is 1. The van der Waals surface area contributed by atoms with Crippen LogP contribution in [0, 0.1) is 0 Å². The van der Waals surface area contributed by atoms with E-state index < -0.39 is 5.97 Å². The largest absolute Gasteiger partial charge is 0.497 e. The van der Waals surface area contributed by atoms with Gasteiger partial charge < -0.3 is 19.5 Å². The number of benzene rings is 2. The van der Waals surface area contributed by atoms with Gasteiger partial charge in [-0.1, -0.05) is 0 Å². The number of thioether (sulfide) groups is 1. The zero-order valence-corrected chi connectivity index (χ0v) is 15.4. The molecular weight excluding hydrogens is 354 g/mol. The Balaban J connectivity index is 1.74. The van der Waals surface area contributed by atoms with Gasteiger partial charge in [0.15, 0.2) is 0 Å². The molecule has 0 saturated heterocycles. The number of amides is 1. The van der Waals surface area contributed by atoms with Gasteiger partial charge in [-0.3, -0.25) is 4.79 Å². The van der Waals surface area contributed by atoms with E-state index in [1.165, 1.54) is 0 Å². The smallest absolute Gasteiger partial charge is 0.338 e. The Labute approximate surface area is 155 Å². The molecule has 136 valence electrons. The minimum atomic E-state index is -0.471. The summed E-state index contributed by atoms with van der Waals surface area (Å²) in [5.74, 6) is 1.47. The van der Waals surface area contributed by atoms with Crippen molar-refractivity contribution in [3.8, 4) is 11.5 Å². The van der Waals surface area contributed by atoms with Gasteiger partial charge in [0.25, 0.3) is 0 Å². The maximum atomic E-state index is 12.4. The van der Waals surface area contributed by atoms with Crippen LogP contribution in [0.1, 0.15) is 22.3 Å². The highest BCUT2D eigenvalue weighted by Crippen LogP contribution is 2.32. The third-order valence-electron chi connectivity index (χ3n) is 3.92. The highest BCUT2D eigenvalue weighted by atomic mass is 32.2. The normalized spacial score (nSPS) is 13.2. The van der Waals surface area contributed by atoms with Crippen LogP contribution >= 0.6 is 11.8 Å². The third-order valence-corrected chi connectivity index (χ3v) is 5.00. The lowest BCUT2D eigenvalue weighted by Gasteiger charge is -2.12. The van der Waals surface area contributed by atoms with E-state index in [2.05, 4.69) is 5.32 Å². The van der Waals surface area contributed by atoms with Crippen molar-refractivity contribution in [1.29, 1.82) is 0 Å². The predicted molar refractivity (Wildman–Crippen MR) is 99.1 cm³/mol. The number of anilines is 1. The summed E-state index contributed by atoms with van der Waals surface area (Å²) >= 11 is 1.59. The SMILES string of the molecule is COc1ccc(OC)c(COC(=O)c2ccc3c(c2)NC(=O)CCS3)c1. The lowest BCUT2D eigenvalue weighted by atomic mass is 10.2. The van der Waals surface area contributed by atoms with Crippen LogP contribution in [0.3, 0.4) is 0 Å². The number of carbonyl (C=O) groups excluding carboxylic acids is 2. The molecule has 0 radical (unpaired) electrons. The van der Waals surface area contributed by atoms with Crippen molar-refractivity contribution in [3.63, 3.8) is 0 Å². The highest BCUT2D eigenvalue weighted by molar-refractivity contribution is 7.99. The number of methoxy groups -OCH3 is 2. The topological polar surface area (TPSA) is 73.9 Å². The molecular formula is C19H19NO5S. The lowest BCUT2D eigenvalue weighted by Crippen LogP contribution is -2.11. The first-order valence-corrected chi connectivity index (χ1v) is 9.04. The fourth-order valence-corrected chi connectivity index (χ4v) is 3.51. The molecule has 0 fully saturated rings. The number of carbonyl (C=O) groups is 2.